The van der Waals surface area contributed by atoms with Crippen molar-refractivity contribution in [2.24, 2.45) is 10.9 Å². The van der Waals surface area contributed by atoms with Crippen LogP contribution >= 0.6 is 0 Å². The van der Waals surface area contributed by atoms with E-state index in [0.29, 0.717) is 61.4 Å². The molecule has 0 bridgehead atoms. The van der Waals surface area contributed by atoms with Gasteiger partial charge in [-0.3, -0.25) is 63.0 Å². The van der Waals surface area contributed by atoms with Crippen LogP contribution in [0.15, 0.2) is 163 Å². The lowest BCUT2D eigenvalue weighted by Gasteiger charge is -2.34. The minimum Gasteiger partial charge on any atom is -0.478 e. The van der Waals surface area contributed by atoms with Gasteiger partial charge in [-0.15, -0.1) is 0 Å². The number of carboxylic acids is 1. The van der Waals surface area contributed by atoms with E-state index in [2.05, 4.69) is 84.1 Å². The molecule has 0 atom stereocenters. The number of hydrazine groups is 1. The first-order valence-corrected chi connectivity index (χ1v) is 25.8. The number of halogens is 1. The first kappa shape index (κ1) is 71.9. The summed E-state index contributed by atoms with van der Waals surface area (Å²) in [5.41, 5.74) is 11.8. The number of benzene rings is 6. The van der Waals surface area contributed by atoms with Crippen LogP contribution in [-0.2, 0) is 32.3 Å². The van der Waals surface area contributed by atoms with Crippen molar-refractivity contribution in [3.8, 4) is 0 Å². The molecule has 0 spiro atoms. The fourth-order valence-electron chi connectivity index (χ4n) is 7.92. The highest BCUT2D eigenvalue weighted by atomic mass is 19.1. The molecule has 0 saturated carbocycles. The average molecular weight is 1140 g/mol. The number of Topliss-reactive ketones (excluding diaryl/α,β-unsaturated/α-hetero) is 2. The molecule has 6 aromatic rings. The van der Waals surface area contributed by atoms with Crippen molar-refractivity contribution in [2.75, 3.05) is 72.6 Å². The summed E-state index contributed by atoms with van der Waals surface area (Å²) in [5.74, 6) is 3.67. The van der Waals surface area contributed by atoms with Crippen molar-refractivity contribution >= 4 is 60.6 Å². The quantitative estimate of drug-likeness (QED) is 0.0185. The van der Waals surface area contributed by atoms with Crippen LogP contribution in [0.4, 0.5) is 4.39 Å². The van der Waals surface area contributed by atoms with Crippen LogP contribution < -0.4 is 16.7 Å². The van der Waals surface area contributed by atoms with Gasteiger partial charge in [-0.05, 0) is 49.1 Å². The highest BCUT2D eigenvalue weighted by Crippen LogP contribution is 2.11. The number of nitrogens with two attached hydrogens (primary N) is 1. The number of hydrazone groups is 1. The lowest BCUT2D eigenvalue weighted by atomic mass is 10.1. The third-order valence-electron chi connectivity index (χ3n) is 12.2. The third-order valence-corrected chi connectivity index (χ3v) is 12.2. The summed E-state index contributed by atoms with van der Waals surface area (Å²) >= 11 is 0. The topological polar surface area (TPSA) is 266 Å². The maximum absolute atomic E-state index is 12.1. The second-order valence-electron chi connectivity index (χ2n) is 17.9. The standard InChI is InChI=1S/C21H26N4O.C13H20N4O.2C9H8O2.C8H6O3.CH3F.CO2.CH4/c1-18-7-5-6-10-20(18)15-22-23-21(26)17-25-13-11-24(12-14-25)16-19-8-3-2-4-9-19;14-15-13(18)11-17-8-6-16(7-9-17)10-12-4-2-1-3-5-12;2*1-7(11)9-5-3-2-4-8(9)6-10;9-5-6-3-1-2-4-7(6)8(10)11;1-2;2-1-3;/h2-10,15H,11-14,16-17H2,1H3,(H,23,26);1-5H,6-11,14H2,(H,15,18);2*2-6H,1H3;1-5H,(H,10,11);1H3;;1H4/b22-15+;;;;;;;. The molecule has 5 N–H and O–H groups in total. The smallest absolute Gasteiger partial charge is 0.373 e. The van der Waals surface area contributed by atoms with Gasteiger partial charge in [0.05, 0.1) is 32.0 Å². The Labute approximate surface area is 484 Å². The Morgan fingerprint density at radius 2 is 0.831 bits per heavy atom. The summed E-state index contributed by atoms with van der Waals surface area (Å²) < 4.78 is 9.50. The van der Waals surface area contributed by atoms with Gasteiger partial charge >= 0.3 is 12.1 Å². The fraction of sp³-hybridized carbons (Fsp3) is 0.270. The number of aldehydes is 3. The molecule has 83 heavy (non-hydrogen) atoms. The van der Waals surface area contributed by atoms with Crippen molar-refractivity contribution < 1.29 is 57.4 Å². The van der Waals surface area contributed by atoms with Crippen molar-refractivity contribution in [3.05, 3.63) is 213 Å². The summed E-state index contributed by atoms with van der Waals surface area (Å²) in [7, 11) is 0.500. The van der Waals surface area contributed by atoms with Gasteiger partial charge in [0, 0.05) is 93.3 Å². The number of hydrogen-bond donors (Lipinski definition) is 4. The number of ketones is 2. The number of aryl methyl sites for hydroxylation is 1. The molecule has 20 heteroatoms. The molecule has 0 aromatic heterocycles. The summed E-state index contributed by atoms with van der Waals surface area (Å²) in [6.07, 6.45) is 3.86. The molecule has 440 valence electrons. The van der Waals surface area contributed by atoms with E-state index in [0.717, 1.165) is 76.6 Å². The molecule has 2 aliphatic rings. The number of nitrogens with zero attached hydrogens (tertiary/aromatic N) is 5. The highest BCUT2D eigenvalue weighted by Gasteiger charge is 2.20. The zero-order valence-corrected chi connectivity index (χ0v) is 46.5. The molecule has 2 amide bonds. The first-order valence-electron chi connectivity index (χ1n) is 25.8. The third kappa shape index (κ3) is 28.7. The molecule has 6 aromatic carbocycles. The number of amides is 2. The van der Waals surface area contributed by atoms with Gasteiger partial charge in [0.2, 0.25) is 5.91 Å². The number of alkyl halides is 1. The number of rotatable bonds is 16. The highest BCUT2D eigenvalue weighted by molar-refractivity contribution is 6.02. The van der Waals surface area contributed by atoms with Crippen LogP contribution in [0.25, 0.3) is 0 Å². The second kappa shape index (κ2) is 42.7. The molecular weight excluding hydrogens is 1060 g/mol. The molecule has 0 aliphatic carbocycles. The van der Waals surface area contributed by atoms with E-state index in [1.165, 1.54) is 37.1 Å². The number of carboxylic acid groups (broad SMARTS) is 1. The Kier molecular flexibility index (Phi) is 37.0. The van der Waals surface area contributed by atoms with Crippen LogP contribution in [0.5, 0.6) is 0 Å². The molecule has 8 rings (SSSR count). The molecule has 19 nitrogen and oxygen atoms in total. The summed E-state index contributed by atoms with van der Waals surface area (Å²) in [4.78, 5) is 112. The monoisotopic (exact) mass is 1140 g/mol. The SMILES string of the molecule is C.CC(=O)c1ccccc1C=O.CC(=O)c1ccccc1C=O.CF.Cc1ccccc1/C=N/NC(=O)CN1CCN(Cc2ccccc2)CC1.NNC(=O)CN1CCN(Cc2ccccc2)CC1.O=C=O.O=Cc1ccccc1C(=O)O. The van der Waals surface area contributed by atoms with Gasteiger partial charge in [-0.1, -0.05) is 159 Å². The second-order valence-corrected chi connectivity index (χ2v) is 17.9. The van der Waals surface area contributed by atoms with E-state index >= 15 is 0 Å². The predicted octanol–water partition coefficient (Wildman–Crippen LogP) is 7.30. The summed E-state index contributed by atoms with van der Waals surface area (Å²) in [6.45, 7) is 15.3. The Hall–Kier alpha value is -9.14. The lowest BCUT2D eigenvalue weighted by Crippen LogP contribution is -2.49. The minimum atomic E-state index is -1.08. The van der Waals surface area contributed by atoms with E-state index in [9.17, 15) is 42.7 Å². The Balaban J connectivity index is 0.000000531. The van der Waals surface area contributed by atoms with Crippen LogP contribution in [0.3, 0.4) is 0 Å². The number of carbonyl (C=O) groups is 8. The molecule has 2 heterocycles. The maximum Gasteiger partial charge on any atom is 0.373 e. The number of aromatic carboxylic acids is 1. The van der Waals surface area contributed by atoms with E-state index < -0.39 is 5.97 Å². The van der Waals surface area contributed by atoms with Crippen molar-refractivity contribution in [1.82, 2.24) is 30.5 Å². The van der Waals surface area contributed by atoms with Gasteiger partial charge in [-0.25, -0.2) is 16.1 Å². The van der Waals surface area contributed by atoms with E-state index in [1.807, 2.05) is 43.3 Å². The van der Waals surface area contributed by atoms with Gasteiger partial charge in [-0.2, -0.15) is 14.7 Å². The first-order chi connectivity index (χ1) is 39.7. The molecule has 2 fully saturated rings. The fourth-order valence-corrected chi connectivity index (χ4v) is 7.92. The average Bonchev–Trinajstić information content (AvgIpc) is 3.50. The number of hydrogen-bond acceptors (Lipinski definition) is 16. The Morgan fingerprint density at radius 3 is 1.16 bits per heavy atom. The van der Waals surface area contributed by atoms with Crippen LogP contribution in [0.2, 0.25) is 0 Å². The van der Waals surface area contributed by atoms with Crippen LogP contribution in [0.1, 0.15) is 106 Å². The summed E-state index contributed by atoms with van der Waals surface area (Å²) in [5, 5.41) is 12.6. The van der Waals surface area contributed by atoms with Crippen molar-refractivity contribution in [1.29, 1.82) is 0 Å². The number of nitrogens with one attached hydrogen (secondary N) is 2. The zero-order valence-electron chi connectivity index (χ0n) is 46.5. The Morgan fingerprint density at radius 1 is 0.518 bits per heavy atom. The van der Waals surface area contributed by atoms with Crippen LogP contribution in [-0.4, -0.2) is 158 Å². The van der Waals surface area contributed by atoms with Gasteiger partial charge in [0.1, 0.15) is 0 Å². The normalized spacial score (nSPS) is 12.7. The van der Waals surface area contributed by atoms with E-state index in [4.69, 9.17) is 20.5 Å². The van der Waals surface area contributed by atoms with Crippen molar-refractivity contribution in [2.45, 2.75) is 41.3 Å². The molecule has 2 aliphatic heterocycles. The predicted molar refractivity (Wildman–Crippen MR) is 317 cm³/mol. The zero-order chi connectivity index (χ0) is 60.5. The number of carbonyl (C=O) groups excluding carboxylic acids is 9. The van der Waals surface area contributed by atoms with Crippen molar-refractivity contribution in [3.63, 3.8) is 0 Å². The lowest BCUT2D eigenvalue weighted by molar-refractivity contribution is -0.191. The van der Waals surface area contributed by atoms with E-state index in [-0.39, 0.29) is 48.1 Å². The molecule has 2 saturated heterocycles. The Bertz CT molecular complexity index is 2830. The van der Waals surface area contributed by atoms with Gasteiger partial charge in [0.15, 0.2) is 30.4 Å². The van der Waals surface area contributed by atoms with Gasteiger partial charge < -0.3 is 5.11 Å². The van der Waals surface area contributed by atoms with E-state index in [1.54, 1.807) is 66.9 Å². The largest absolute Gasteiger partial charge is 0.478 e. The molecule has 0 radical (unpaired) electrons. The maximum atomic E-state index is 12.1. The molecule has 0 unspecified atom stereocenters. The van der Waals surface area contributed by atoms with Gasteiger partial charge in [0.25, 0.3) is 5.91 Å². The van der Waals surface area contributed by atoms with Crippen LogP contribution in [0, 0.1) is 6.92 Å². The minimum absolute atomic E-state index is 0. The molecular formula is C63H75FN8O11. The number of piperazine rings is 2. The summed E-state index contributed by atoms with van der Waals surface area (Å²) in [6, 6.07) is 48.5.